The molecule has 8 heteroatoms. The van der Waals surface area contributed by atoms with Crippen molar-refractivity contribution in [2.75, 3.05) is 4.90 Å². The summed E-state index contributed by atoms with van der Waals surface area (Å²) in [5.74, 6) is -1.07. The van der Waals surface area contributed by atoms with Crippen LogP contribution in [-0.4, -0.2) is 21.9 Å². The lowest BCUT2D eigenvalue weighted by molar-refractivity contribution is -0.114. The number of amides is 1. The Morgan fingerprint density at radius 2 is 2.11 bits per heavy atom. The first-order chi connectivity index (χ1) is 9.08. The summed E-state index contributed by atoms with van der Waals surface area (Å²) in [4.78, 5) is 25.3. The number of nitrogens with zero attached hydrogens (tertiary/aromatic N) is 3. The van der Waals surface area contributed by atoms with Crippen molar-refractivity contribution in [1.29, 1.82) is 0 Å². The van der Waals surface area contributed by atoms with Gasteiger partial charge in [0, 0.05) is 4.47 Å². The van der Waals surface area contributed by atoms with Crippen molar-refractivity contribution in [1.82, 2.24) is 10.2 Å². The highest BCUT2D eigenvalue weighted by Gasteiger charge is 2.37. The number of benzene rings is 1. The van der Waals surface area contributed by atoms with E-state index in [1.165, 1.54) is 16.2 Å². The van der Waals surface area contributed by atoms with Crippen molar-refractivity contribution in [3.63, 3.8) is 0 Å². The summed E-state index contributed by atoms with van der Waals surface area (Å²) in [7, 11) is 0. The Balaban J connectivity index is 2.04. The fourth-order valence-corrected chi connectivity index (χ4v) is 3.33. The second-order valence-electron chi connectivity index (χ2n) is 3.81. The average Bonchev–Trinajstić information content (AvgIpc) is 2.89. The first kappa shape index (κ1) is 12.7. The summed E-state index contributed by atoms with van der Waals surface area (Å²) in [6, 6.07) is 5.14. The molecule has 0 atom stereocenters. The molecule has 1 aliphatic rings. The van der Waals surface area contributed by atoms with Gasteiger partial charge in [0.25, 0.3) is 11.7 Å². The highest BCUT2D eigenvalue weighted by atomic mass is 79.9. The number of anilines is 1. The van der Waals surface area contributed by atoms with E-state index in [-0.39, 0.29) is 6.54 Å². The Kier molecular flexibility index (Phi) is 3.12. The van der Waals surface area contributed by atoms with Crippen LogP contribution < -0.4 is 4.90 Å². The van der Waals surface area contributed by atoms with Crippen molar-refractivity contribution < 1.29 is 9.59 Å². The normalized spacial score (nSPS) is 14.1. The molecule has 1 aromatic carbocycles. The van der Waals surface area contributed by atoms with Crippen molar-refractivity contribution in [2.24, 2.45) is 0 Å². The molecule has 3 rings (SSSR count). The molecular weight excluding hydrogens is 354 g/mol. The first-order valence-electron chi connectivity index (χ1n) is 5.20. The molecule has 2 aromatic rings. The second-order valence-corrected chi connectivity index (χ2v) is 6.30. The van der Waals surface area contributed by atoms with Gasteiger partial charge in [-0.2, -0.15) is 0 Å². The number of fused-ring (bicyclic) bond motifs is 1. The highest BCUT2D eigenvalue weighted by Crippen LogP contribution is 2.37. The topological polar surface area (TPSA) is 63.2 Å². The molecule has 0 N–H and O–H groups in total. The molecule has 0 aliphatic carbocycles. The summed E-state index contributed by atoms with van der Waals surface area (Å²) in [5.41, 5.74) is 0.971. The van der Waals surface area contributed by atoms with Crippen LogP contribution in [0.4, 0.5) is 5.69 Å². The number of hydrogen-bond donors (Lipinski definition) is 0. The number of para-hydroxylation sites is 1. The van der Waals surface area contributed by atoms with E-state index in [1.807, 2.05) is 0 Å². The van der Waals surface area contributed by atoms with Gasteiger partial charge >= 0.3 is 0 Å². The van der Waals surface area contributed by atoms with E-state index in [0.717, 1.165) is 0 Å². The molecule has 1 aromatic heterocycles. The van der Waals surface area contributed by atoms with Crippen LogP contribution in [0.15, 0.2) is 22.7 Å². The van der Waals surface area contributed by atoms with Crippen LogP contribution in [0.1, 0.15) is 15.4 Å². The zero-order chi connectivity index (χ0) is 13.6. The zero-order valence-corrected chi connectivity index (χ0v) is 12.4. The van der Waals surface area contributed by atoms with Gasteiger partial charge in [0.1, 0.15) is 5.01 Å². The number of rotatable bonds is 2. The second kappa shape index (κ2) is 4.66. The van der Waals surface area contributed by atoms with Gasteiger partial charge in [0.15, 0.2) is 0 Å². The Labute approximate surface area is 125 Å². The standard InChI is InChI=1S/C11H5BrClN3O2S/c12-6-3-1-2-5-8(6)16(10(18)9(5)17)4-7-14-15-11(13)19-7/h1-3H,4H2. The molecule has 2 heterocycles. The minimum Gasteiger partial charge on any atom is -0.297 e. The minimum atomic E-state index is -0.562. The predicted octanol–water partition coefficient (Wildman–Crippen LogP) is 2.68. The lowest BCUT2D eigenvalue weighted by Gasteiger charge is -2.15. The number of carbonyl (C=O) groups is 2. The Hall–Kier alpha value is -1.31. The summed E-state index contributed by atoms with van der Waals surface area (Å²) < 4.78 is 1.00. The average molecular weight is 359 g/mol. The van der Waals surface area contributed by atoms with Gasteiger partial charge in [-0.05, 0) is 39.7 Å². The van der Waals surface area contributed by atoms with Crippen LogP contribution in [0, 0.1) is 0 Å². The number of carbonyl (C=O) groups excluding carboxylic acids is 2. The molecule has 0 radical (unpaired) electrons. The van der Waals surface area contributed by atoms with Crippen molar-refractivity contribution in [2.45, 2.75) is 6.54 Å². The van der Waals surface area contributed by atoms with E-state index in [1.54, 1.807) is 18.2 Å². The Morgan fingerprint density at radius 1 is 1.32 bits per heavy atom. The van der Waals surface area contributed by atoms with Crippen LogP contribution in [0.5, 0.6) is 0 Å². The van der Waals surface area contributed by atoms with Gasteiger partial charge in [-0.1, -0.05) is 17.4 Å². The maximum absolute atomic E-state index is 12.0. The van der Waals surface area contributed by atoms with E-state index >= 15 is 0 Å². The lowest BCUT2D eigenvalue weighted by atomic mass is 10.1. The monoisotopic (exact) mass is 357 g/mol. The number of hydrogen-bond acceptors (Lipinski definition) is 5. The fourth-order valence-electron chi connectivity index (χ4n) is 1.90. The van der Waals surface area contributed by atoms with E-state index in [0.29, 0.717) is 25.2 Å². The van der Waals surface area contributed by atoms with Gasteiger partial charge in [-0.3, -0.25) is 14.5 Å². The first-order valence-corrected chi connectivity index (χ1v) is 7.19. The number of aromatic nitrogens is 2. The van der Waals surface area contributed by atoms with E-state index in [2.05, 4.69) is 26.1 Å². The van der Waals surface area contributed by atoms with Crippen molar-refractivity contribution in [3.05, 3.63) is 37.7 Å². The zero-order valence-electron chi connectivity index (χ0n) is 9.26. The fraction of sp³-hybridized carbons (Fsp3) is 0.0909. The predicted molar refractivity (Wildman–Crippen MR) is 74.6 cm³/mol. The molecule has 0 unspecified atom stereocenters. The largest absolute Gasteiger partial charge is 0.299 e. The number of Topliss-reactive ketones (excluding diaryl/α,β-unsaturated/α-hetero) is 1. The van der Waals surface area contributed by atoms with Crippen LogP contribution in [-0.2, 0) is 11.3 Å². The molecule has 96 valence electrons. The summed E-state index contributed by atoms with van der Waals surface area (Å²) in [6.45, 7) is 0.185. The quantitative estimate of drug-likeness (QED) is 0.774. The molecule has 0 fully saturated rings. The van der Waals surface area contributed by atoms with Gasteiger partial charge in [0.05, 0.1) is 17.8 Å². The number of ketones is 1. The molecule has 0 bridgehead atoms. The SMILES string of the molecule is O=C1C(=O)N(Cc2nnc(Cl)s2)c2c(Br)cccc21. The Morgan fingerprint density at radius 3 is 2.79 bits per heavy atom. The van der Waals surface area contributed by atoms with Crippen LogP contribution >= 0.6 is 38.9 Å². The Bertz CT molecular complexity index is 703. The van der Waals surface area contributed by atoms with Gasteiger partial charge in [-0.15, -0.1) is 10.2 Å². The molecule has 0 saturated carbocycles. The third kappa shape index (κ3) is 2.07. The summed E-state index contributed by atoms with van der Waals surface area (Å²) >= 11 is 10.2. The number of halogens is 2. The molecule has 0 saturated heterocycles. The van der Waals surface area contributed by atoms with Crippen LogP contribution in [0.25, 0.3) is 0 Å². The van der Waals surface area contributed by atoms with E-state index < -0.39 is 11.7 Å². The smallest absolute Gasteiger partial charge is 0.297 e. The third-order valence-corrected chi connectivity index (χ3v) is 4.32. The summed E-state index contributed by atoms with van der Waals surface area (Å²) in [5, 5.41) is 8.12. The molecule has 19 heavy (non-hydrogen) atoms. The van der Waals surface area contributed by atoms with Crippen LogP contribution in [0.3, 0.4) is 0 Å². The molecule has 5 nitrogen and oxygen atoms in total. The maximum atomic E-state index is 12.0. The minimum absolute atomic E-state index is 0.185. The van der Waals surface area contributed by atoms with Gasteiger partial charge < -0.3 is 0 Å². The highest BCUT2D eigenvalue weighted by molar-refractivity contribution is 9.10. The lowest BCUT2D eigenvalue weighted by Crippen LogP contribution is -2.29. The maximum Gasteiger partial charge on any atom is 0.299 e. The van der Waals surface area contributed by atoms with Gasteiger partial charge in [0.2, 0.25) is 4.47 Å². The van der Waals surface area contributed by atoms with Gasteiger partial charge in [-0.25, -0.2) is 0 Å². The molecular formula is C11H5BrClN3O2S. The van der Waals surface area contributed by atoms with E-state index in [9.17, 15) is 9.59 Å². The summed E-state index contributed by atoms with van der Waals surface area (Å²) in [6.07, 6.45) is 0. The third-order valence-electron chi connectivity index (χ3n) is 2.68. The van der Waals surface area contributed by atoms with Crippen LogP contribution in [0.2, 0.25) is 4.47 Å². The molecule has 1 amide bonds. The molecule has 0 spiro atoms. The molecule has 1 aliphatic heterocycles. The van der Waals surface area contributed by atoms with Crippen molar-refractivity contribution in [3.8, 4) is 0 Å². The van der Waals surface area contributed by atoms with Crippen molar-refractivity contribution >= 4 is 56.2 Å². The van der Waals surface area contributed by atoms with E-state index in [4.69, 9.17) is 11.6 Å².